The lowest BCUT2D eigenvalue weighted by molar-refractivity contribution is 0.673. The Balaban J connectivity index is 1.12. The second-order valence-corrected chi connectivity index (χ2v) is 15.9. The average Bonchev–Trinajstić information content (AvgIpc) is 3.92. The number of hydrogen-bond donors (Lipinski definition) is 0. The first-order valence-corrected chi connectivity index (χ1v) is 20.9. The Bertz CT molecular complexity index is 3810. The second kappa shape index (κ2) is 13.6. The van der Waals surface area contributed by atoms with Crippen LogP contribution in [0.15, 0.2) is 211 Å². The molecule has 0 bridgehead atoms. The minimum Gasteiger partial charge on any atom is -0.455 e. The van der Waals surface area contributed by atoms with Gasteiger partial charge in [-0.3, -0.25) is 0 Å². The van der Waals surface area contributed by atoms with Gasteiger partial charge in [-0.15, -0.1) is 0 Å². The molecule has 0 saturated carbocycles. The molecule has 5 nitrogen and oxygen atoms in total. The van der Waals surface area contributed by atoms with Crippen LogP contribution in [-0.2, 0) is 0 Å². The number of fused-ring (bicyclic) bond motifs is 12. The van der Waals surface area contributed by atoms with Crippen molar-refractivity contribution in [3.8, 4) is 51.0 Å². The van der Waals surface area contributed by atoms with Gasteiger partial charge in [-0.05, 0) is 68.4 Å². The summed E-state index contributed by atoms with van der Waals surface area (Å²) < 4.78 is 9.63. The minimum absolute atomic E-state index is 0.542. The van der Waals surface area contributed by atoms with Crippen LogP contribution in [0, 0.1) is 0 Å². The van der Waals surface area contributed by atoms with Gasteiger partial charge in [-0.2, -0.15) is 0 Å². The van der Waals surface area contributed by atoms with Crippen molar-refractivity contribution < 1.29 is 4.42 Å². The molecule has 0 amide bonds. The lowest BCUT2D eigenvalue weighted by Gasteiger charge is -2.13. The summed E-state index contributed by atoms with van der Waals surface area (Å²) in [6.07, 6.45) is 0. The van der Waals surface area contributed by atoms with Crippen LogP contribution in [0.2, 0.25) is 0 Å². The highest BCUT2D eigenvalue weighted by atomic mass is 16.3. The predicted octanol–water partition coefficient (Wildman–Crippen LogP) is 15.0. The molecular formula is C57H34N4O. The largest absolute Gasteiger partial charge is 0.455 e. The van der Waals surface area contributed by atoms with Gasteiger partial charge in [0.05, 0.1) is 27.7 Å². The van der Waals surface area contributed by atoms with Crippen molar-refractivity contribution >= 4 is 76.1 Å². The van der Waals surface area contributed by atoms with Crippen molar-refractivity contribution in [3.05, 3.63) is 206 Å². The summed E-state index contributed by atoms with van der Waals surface area (Å²) in [5, 5.41) is 11.5. The fourth-order valence-electron chi connectivity index (χ4n) is 9.54. The van der Waals surface area contributed by atoms with Gasteiger partial charge in [0.15, 0.2) is 17.5 Å². The van der Waals surface area contributed by atoms with Crippen molar-refractivity contribution in [1.82, 2.24) is 19.5 Å². The Morgan fingerprint density at radius 3 is 1.40 bits per heavy atom. The summed E-state index contributed by atoms with van der Waals surface area (Å²) >= 11 is 0. The van der Waals surface area contributed by atoms with Gasteiger partial charge in [-0.25, -0.2) is 15.0 Å². The van der Waals surface area contributed by atoms with Crippen LogP contribution < -0.4 is 0 Å². The molecule has 0 radical (unpaired) electrons. The van der Waals surface area contributed by atoms with Crippen LogP contribution in [0.3, 0.4) is 0 Å². The quantitative estimate of drug-likeness (QED) is 0.174. The summed E-state index contributed by atoms with van der Waals surface area (Å²) in [5.74, 6) is 1.73. The van der Waals surface area contributed by atoms with Gasteiger partial charge in [0.2, 0.25) is 0 Å². The molecule has 0 aliphatic carbocycles. The molecule has 0 unspecified atom stereocenters. The molecule has 0 saturated heterocycles. The highest BCUT2D eigenvalue weighted by molar-refractivity contribution is 6.29. The Labute approximate surface area is 355 Å². The van der Waals surface area contributed by atoms with Crippen molar-refractivity contribution in [3.63, 3.8) is 0 Å². The number of furan rings is 1. The zero-order chi connectivity index (χ0) is 40.7. The first-order valence-electron chi connectivity index (χ1n) is 20.9. The summed E-state index contributed by atoms with van der Waals surface area (Å²) in [6.45, 7) is 0. The molecular weight excluding hydrogens is 757 g/mol. The smallest absolute Gasteiger partial charge is 0.167 e. The number of nitrogens with zero attached hydrogens (tertiary/aromatic N) is 4. The van der Waals surface area contributed by atoms with Gasteiger partial charge in [-0.1, -0.05) is 176 Å². The van der Waals surface area contributed by atoms with Crippen molar-refractivity contribution in [2.75, 3.05) is 0 Å². The van der Waals surface area contributed by atoms with E-state index in [2.05, 4.69) is 174 Å². The zero-order valence-electron chi connectivity index (χ0n) is 33.3. The van der Waals surface area contributed by atoms with Crippen molar-refractivity contribution in [2.45, 2.75) is 0 Å². The molecule has 0 fully saturated rings. The Morgan fingerprint density at radius 1 is 0.306 bits per heavy atom. The molecule has 3 aromatic heterocycles. The first-order chi connectivity index (χ1) is 30.7. The minimum atomic E-state index is 0.542. The SMILES string of the molecule is c1ccc(-c2ccc(-c3nc(-c4ccccc4)nc(-c4ccc(-n5c6ccc7ccccc7c6c6c7ccccc7ccc65)c5c4oc4c6ccccc6ccc45)n3)cc2)cc1. The fourth-order valence-corrected chi connectivity index (χ4v) is 9.54. The third-order valence-corrected chi connectivity index (χ3v) is 12.4. The van der Waals surface area contributed by atoms with Gasteiger partial charge in [0, 0.05) is 32.7 Å². The number of hydrogen-bond acceptors (Lipinski definition) is 4. The molecule has 13 rings (SSSR count). The van der Waals surface area contributed by atoms with Gasteiger partial charge < -0.3 is 8.98 Å². The summed E-state index contributed by atoms with van der Waals surface area (Å²) in [6, 6.07) is 72.6. The lowest BCUT2D eigenvalue weighted by atomic mass is 10.00. The van der Waals surface area contributed by atoms with Gasteiger partial charge in [0.25, 0.3) is 0 Å². The number of aromatic nitrogens is 4. The lowest BCUT2D eigenvalue weighted by Crippen LogP contribution is -2.01. The normalized spacial score (nSPS) is 11.9. The Kier molecular flexibility index (Phi) is 7.54. The average molecular weight is 791 g/mol. The van der Waals surface area contributed by atoms with E-state index < -0.39 is 0 Å². The van der Waals surface area contributed by atoms with Gasteiger partial charge >= 0.3 is 0 Å². The van der Waals surface area contributed by atoms with E-state index in [1.54, 1.807) is 0 Å². The molecule has 0 atom stereocenters. The van der Waals surface area contributed by atoms with E-state index in [4.69, 9.17) is 19.4 Å². The molecule has 0 aliphatic heterocycles. The molecule has 62 heavy (non-hydrogen) atoms. The molecule has 5 heteroatoms. The molecule has 3 heterocycles. The number of benzene rings is 10. The summed E-state index contributed by atoms with van der Waals surface area (Å²) in [5.41, 5.74) is 9.73. The molecule has 288 valence electrons. The Morgan fingerprint density at radius 2 is 0.774 bits per heavy atom. The van der Waals surface area contributed by atoms with E-state index in [0.717, 1.165) is 77.2 Å². The standard InChI is InChI=1S/C57H34N4O/c1-3-13-35(14-4-1)36-23-25-41(26-24-36)56-58-55(40-18-5-2-6-19-40)59-57(60-56)46-31-34-49(52-45-30-27-39-17-9-12-22-44(39)53(45)62-54(46)52)61-47-32-28-37-15-7-10-20-42(37)50(47)51-43-21-11-8-16-38(43)29-33-48(51)61/h1-34H. The van der Waals surface area contributed by atoms with Crippen LogP contribution in [0.4, 0.5) is 0 Å². The predicted molar refractivity (Wildman–Crippen MR) is 256 cm³/mol. The highest BCUT2D eigenvalue weighted by Crippen LogP contribution is 2.46. The molecule has 0 N–H and O–H groups in total. The third-order valence-electron chi connectivity index (χ3n) is 12.4. The summed E-state index contributed by atoms with van der Waals surface area (Å²) in [4.78, 5) is 15.6. The van der Waals surface area contributed by atoms with Gasteiger partial charge in [0.1, 0.15) is 11.2 Å². The maximum atomic E-state index is 7.20. The van der Waals surface area contributed by atoms with Crippen LogP contribution in [0.1, 0.15) is 0 Å². The number of rotatable bonds is 5. The van der Waals surface area contributed by atoms with E-state index >= 15 is 0 Å². The van der Waals surface area contributed by atoms with Crippen molar-refractivity contribution in [2.24, 2.45) is 0 Å². The topological polar surface area (TPSA) is 56.7 Å². The summed E-state index contributed by atoms with van der Waals surface area (Å²) in [7, 11) is 0. The molecule has 0 aliphatic rings. The van der Waals surface area contributed by atoms with Crippen LogP contribution in [0.25, 0.3) is 127 Å². The van der Waals surface area contributed by atoms with E-state index in [9.17, 15) is 0 Å². The fraction of sp³-hybridized carbons (Fsp3) is 0. The maximum Gasteiger partial charge on any atom is 0.167 e. The monoisotopic (exact) mass is 790 g/mol. The third kappa shape index (κ3) is 5.25. The molecule has 10 aromatic carbocycles. The van der Waals surface area contributed by atoms with E-state index in [1.165, 1.54) is 32.3 Å². The van der Waals surface area contributed by atoms with Crippen molar-refractivity contribution in [1.29, 1.82) is 0 Å². The Hall–Kier alpha value is -8.41. The van der Waals surface area contributed by atoms with Crippen LogP contribution in [0.5, 0.6) is 0 Å². The zero-order valence-corrected chi connectivity index (χ0v) is 33.3. The van der Waals surface area contributed by atoms with Crippen LogP contribution >= 0.6 is 0 Å². The first kappa shape index (κ1) is 34.5. The van der Waals surface area contributed by atoms with E-state index in [1.807, 2.05) is 36.4 Å². The molecule has 13 aromatic rings. The van der Waals surface area contributed by atoms with E-state index in [-0.39, 0.29) is 0 Å². The van der Waals surface area contributed by atoms with E-state index in [0.29, 0.717) is 17.5 Å². The molecule has 0 spiro atoms. The highest BCUT2D eigenvalue weighted by Gasteiger charge is 2.25. The second-order valence-electron chi connectivity index (χ2n) is 15.9. The maximum absolute atomic E-state index is 7.20. The van der Waals surface area contributed by atoms with Crippen LogP contribution in [-0.4, -0.2) is 19.5 Å².